The van der Waals surface area contributed by atoms with Crippen LogP contribution in [-0.4, -0.2) is 18.5 Å². The van der Waals surface area contributed by atoms with E-state index in [1.165, 1.54) is 5.56 Å². The molecule has 0 aromatic heterocycles. The summed E-state index contributed by atoms with van der Waals surface area (Å²) in [4.78, 5) is 12.0. The average molecular weight is 248 g/mol. The van der Waals surface area contributed by atoms with Gasteiger partial charge in [-0.3, -0.25) is 4.79 Å². The van der Waals surface area contributed by atoms with E-state index in [1.807, 2.05) is 31.2 Å². The highest BCUT2D eigenvalue weighted by Gasteiger charge is 2.09. The molecule has 0 aliphatic rings. The molecule has 1 aromatic carbocycles. The second-order valence-corrected chi connectivity index (χ2v) is 5.08. The van der Waals surface area contributed by atoms with Crippen molar-refractivity contribution >= 4 is 5.91 Å². The minimum absolute atomic E-state index is 0.00479. The van der Waals surface area contributed by atoms with Gasteiger partial charge in [0.25, 0.3) is 5.91 Å². The van der Waals surface area contributed by atoms with Crippen molar-refractivity contribution in [3.63, 3.8) is 0 Å². The molecule has 3 N–H and O–H groups in total. The second-order valence-electron chi connectivity index (χ2n) is 5.08. The third-order valence-corrected chi connectivity index (χ3v) is 3.06. The Morgan fingerprint density at radius 3 is 2.33 bits per heavy atom. The molecule has 3 nitrogen and oxygen atoms in total. The molecular weight excluding hydrogens is 224 g/mol. The van der Waals surface area contributed by atoms with Crippen LogP contribution in [0.1, 0.15) is 55.5 Å². The molecule has 0 radical (unpaired) electrons. The highest BCUT2D eigenvalue weighted by molar-refractivity contribution is 5.94. The summed E-state index contributed by atoms with van der Waals surface area (Å²) in [7, 11) is 0. The third-order valence-electron chi connectivity index (χ3n) is 3.06. The molecular formula is C15H24N2O. The Kier molecular flexibility index (Phi) is 5.86. The fraction of sp³-hybridized carbons (Fsp3) is 0.533. The zero-order valence-electron chi connectivity index (χ0n) is 11.6. The minimum Gasteiger partial charge on any atom is -0.350 e. The van der Waals surface area contributed by atoms with Gasteiger partial charge in [0.05, 0.1) is 0 Å². The summed E-state index contributed by atoms with van der Waals surface area (Å²) >= 11 is 0. The van der Waals surface area contributed by atoms with Crippen molar-refractivity contribution in [3.05, 3.63) is 35.4 Å². The van der Waals surface area contributed by atoms with Crippen LogP contribution in [0.15, 0.2) is 24.3 Å². The van der Waals surface area contributed by atoms with E-state index in [0.29, 0.717) is 12.5 Å². The van der Waals surface area contributed by atoms with Crippen LogP contribution in [0.25, 0.3) is 0 Å². The van der Waals surface area contributed by atoms with E-state index in [1.54, 1.807) is 0 Å². The van der Waals surface area contributed by atoms with E-state index in [9.17, 15) is 4.79 Å². The van der Waals surface area contributed by atoms with Crippen molar-refractivity contribution in [2.24, 2.45) is 5.73 Å². The number of carbonyl (C=O) groups is 1. The Hall–Kier alpha value is -1.35. The predicted octanol–water partition coefficient (Wildman–Crippen LogP) is 2.67. The van der Waals surface area contributed by atoms with Crippen molar-refractivity contribution in [1.29, 1.82) is 0 Å². The van der Waals surface area contributed by atoms with Crippen LogP contribution in [0.2, 0.25) is 0 Å². The molecule has 18 heavy (non-hydrogen) atoms. The maximum atomic E-state index is 12.0. The van der Waals surface area contributed by atoms with Crippen LogP contribution in [-0.2, 0) is 0 Å². The van der Waals surface area contributed by atoms with Crippen LogP contribution in [0, 0.1) is 0 Å². The van der Waals surface area contributed by atoms with E-state index in [2.05, 4.69) is 19.2 Å². The summed E-state index contributed by atoms with van der Waals surface area (Å²) in [5.41, 5.74) is 7.42. The van der Waals surface area contributed by atoms with Crippen molar-refractivity contribution in [1.82, 2.24) is 5.32 Å². The number of hydrogen-bond acceptors (Lipinski definition) is 2. The number of rotatable bonds is 6. The minimum atomic E-state index is -0.00479. The Morgan fingerprint density at radius 2 is 1.83 bits per heavy atom. The number of nitrogens with one attached hydrogen (secondary N) is 1. The summed E-state index contributed by atoms with van der Waals surface area (Å²) in [5, 5.41) is 2.99. The zero-order chi connectivity index (χ0) is 13.5. The monoisotopic (exact) mass is 248 g/mol. The molecule has 0 saturated carbocycles. The van der Waals surface area contributed by atoms with Crippen molar-refractivity contribution in [2.45, 2.75) is 45.6 Å². The van der Waals surface area contributed by atoms with Crippen LogP contribution in [0.3, 0.4) is 0 Å². The first-order valence-electron chi connectivity index (χ1n) is 6.65. The number of amides is 1. The van der Waals surface area contributed by atoms with Crippen LogP contribution in [0.5, 0.6) is 0 Å². The Bertz CT molecular complexity index is 371. The van der Waals surface area contributed by atoms with Gasteiger partial charge < -0.3 is 11.1 Å². The van der Waals surface area contributed by atoms with Gasteiger partial charge in [0.2, 0.25) is 0 Å². The lowest BCUT2D eigenvalue weighted by atomic mass is 10.0. The highest BCUT2D eigenvalue weighted by Crippen LogP contribution is 2.14. The molecule has 0 fully saturated rings. The van der Waals surface area contributed by atoms with Gasteiger partial charge in [0.1, 0.15) is 0 Å². The molecule has 1 rings (SSSR count). The van der Waals surface area contributed by atoms with Crippen molar-refractivity contribution in [3.8, 4) is 0 Å². The molecule has 1 amide bonds. The number of benzene rings is 1. The Morgan fingerprint density at radius 1 is 1.22 bits per heavy atom. The van der Waals surface area contributed by atoms with Crippen LogP contribution < -0.4 is 11.1 Å². The molecule has 100 valence electrons. The smallest absolute Gasteiger partial charge is 0.251 e. The van der Waals surface area contributed by atoms with Gasteiger partial charge in [-0.15, -0.1) is 0 Å². The Labute approximate surface area is 110 Å². The summed E-state index contributed by atoms with van der Waals surface area (Å²) in [6, 6.07) is 7.99. The van der Waals surface area contributed by atoms with Crippen LogP contribution >= 0.6 is 0 Å². The van der Waals surface area contributed by atoms with Gasteiger partial charge in [-0.05, 0) is 49.9 Å². The molecule has 1 atom stereocenters. The molecule has 0 aliphatic heterocycles. The van der Waals surface area contributed by atoms with E-state index in [4.69, 9.17) is 5.73 Å². The zero-order valence-corrected chi connectivity index (χ0v) is 11.6. The largest absolute Gasteiger partial charge is 0.350 e. The maximum absolute atomic E-state index is 12.0. The molecule has 1 unspecified atom stereocenters. The molecule has 0 spiro atoms. The molecule has 0 bridgehead atoms. The van der Waals surface area contributed by atoms with Gasteiger partial charge in [-0.1, -0.05) is 26.0 Å². The summed E-state index contributed by atoms with van der Waals surface area (Å²) in [5.74, 6) is 0.486. The van der Waals surface area contributed by atoms with Gasteiger partial charge in [-0.25, -0.2) is 0 Å². The van der Waals surface area contributed by atoms with Gasteiger partial charge >= 0.3 is 0 Å². The first-order valence-corrected chi connectivity index (χ1v) is 6.65. The SMILES string of the molecule is CC(CCCN)NC(=O)c1ccc(C(C)C)cc1. The topological polar surface area (TPSA) is 55.1 Å². The fourth-order valence-corrected chi connectivity index (χ4v) is 1.82. The molecule has 1 aromatic rings. The van der Waals surface area contributed by atoms with E-state index < -0.39 is 0 Å². The summed E-state index contributed by atoms with van der Waals surface area (Å²) < 4.78 is 0. The van der Waals surface area contributed by atoms with Crippen molar-refractivity contribution in [2.75, 3.05) is 6.54 Å². The number of carbonyl (C=O) groups excluding carboxylic acids is 1. The molecule has 0 heterocycles. The number of hydrogen-bond donors (Lipinski definition) is 2. The van der Waals surface area contributed by atoms with Crippen molar-refractivity contribution < 1.29 is 4.79 Å². The number of nitrogens with two attached hydrogens (primary N) is 1. The second kappa shape index (κ2) is 7.17. The molecule has 3 heteroatoms. The normalized spacial score (nSPS) is 12.5. The Balaban J connectivity index is 2.56. The maximum Gasteiger partial charge on any atom is 0.251 e. The molecule has 0 saturated heterocycles. The van der Waals surface area contributed by atoms with E-state index >= 15 is 0 Å². The fourth-order valence-electron chi connectivity index (χ4n) is 1.82. The quantitative estimate of drug-likeness (QED) is 0.813. The predicted molar refractivity (Wildman–Crippen MR) is 75.7 cm³/mol. The van der Waals surface area contributed by atoms with Gasteiger partial charge in [0, 0.05) is 11.6 Å². The first kappa shape index (κ1) is 14.7. The lowest BCUT2D eigenvalue weighted by molar-refractivity contribution is 0.0938. The van der Waals surface area contributed by atoms with Gasteiger partial charge in [0.15, 0.2) is 0 Å². The van der Waals surface area contributed by atoms with Gasteiger partial charge in [-0.2, -0.15) is 0 Å². The average Bonchev–Trinajstić information content (AvgIpc) is 2.36. The van der Waals surface area contributed by atoms with E-state index in [0.717, 1.165) is 18.4 Å². The first-order chi connectivity index (χ1) is 8.54. The molecule has 0 aliphatic carbocycles. The lowest BCUT2D eigenvalue weighted by Gasteiger charge is -2.13. The van der Waals surface area contributed by atoms with E-state index in [-0.39, 0.29) is 11.9 Å². The lowest BCUT2D eigenvalue weighted by Crippen LogP contribution is -2.32. The standard InChI is InChI=1S/C15H24N2O/c1-11(2)13-6-8-14(9-7-13)15(18)17-12(3)5-4-10-16/h6-9,11-12H,4-5,10,16H2,1-3H3,(H,17,18). The third kappa shape index (κ3) is 4.49. The highest BCUT2D eigenvalue weighted by atomic mass is 16.1. The van der Waals surface area contributed by atoms with Crippen LogP contribution in [0.4, 0.5) is 0 Å². The summed E-state index contributed by atoms with van der Waals surface area (Å²) in [6.45, 7) is 6.97. The summed E-state index contributed by atoms with van der Waals surface area (Å²) in [6.07, 6.45) is 1.86.